The first-order chi connectivity index (χ1) is 18.7. The highest BCUT2D eigenvalue weighted by molar-refractivity contribution is 6.76. The van der Waals surface area contributed by atoms with Crippen molar-refractivity contribution < 1.29 is 4.74 Å². The lowest BCUT2D eigenvalue weighted by atomic mass is 9.96. The first-order valence-corrected chi connectivity index (χ1v) is 17.6. The molecule has 39 heavy (non-hydrogen) atoms. The summed E-state index contributed by atoms with van der Waals surface area (Å²) in [4.78, 5) is 15.5. The lowest BCUT2D eigenvalue weighted by Crippen LogP contribution is -2.25. The molecule has 0 unspecified atom stereocenters. The second kappa shape index (κ2) is 11.6. The SMILES string of the molecule is C[Si](C)(C)CCOCn1ccc2c(-c3cnn([C@@H](CC#N)[C@H]4CCN(c5ccc(Cl)nc5Cl)C4)c3)ncnc21. The highest BCUT2D eigenvalue weighted by Crippen LogP contribution is 2.36. The number of rotatable bonds is 10. The summed E-state index contributed by atoms with van der Waals surface area (Å²) in [7, 11) is -1.14. The molecule has 0 bridgehead atoms. The molecule has 1 aliphatic rings. The Labute approximate surface area is 239 Å². The molecule has 5 rings (SSSR count). The monoisotopic (exact) mass is 582 g/mol. The van der Waals surface area contributed by atoms with Crippen molar-refractivity contribution >= 4 is 48.0 Å². The van der Waals surface area contributed by atoms with Gasteiger partial charge in [0.2, 0.25) is 0 Å². The molecular formula is C27H32Cl2N8OSi. The molecule has 0 N–H and O–H groups in total. The number of hydrogen-bond donors (Lipinski definition) is 0. The highest BCUT2D eigenvalue weighted by Gasteiger charge is 2.32. The van der Waals surface area contributed by atoms with Crippen LogP contribution in [0.3, 0.4) is 0 Å². The Hall–Kier alpha value is -2.97. The Balaban J connectivity index is 1.33. The van der Waals surface area contributed by atoms with Crippen LogP contribution >= 0.6 is 23.2 Å². The predicted molar refractivity (Wildman–Crippen MR) is 157 cm³/mol. The summed E-state index contributed by atoms with van der Waals surface area (Å²) in [5.74, 6) is 0.226. The average Bonchev–Trinajstić information content (AvgIpc) is 3.65. The standard InChI is InChI=1S/C27H32Cl2N8OSi/c1-39(2,3)13-12-38-18-36-11-8-21-25(31-17-32-27(21)36)20-14-33-37(16-20)22(6-9-30)19-7-10-35(15-19)23-4-5-24(28)34-26(23)29/h4-5,8,11,14,16-17,19,22H,6-7,10,12-13,15,18H2,1-3H3/t19-,22-/m0/s1. The van der Waals surface area contributed by atoms with Crippen molar-refractivity contribution in [1.82, 2.24) is 29.3 Å². The number of anilines is 1. The molecule has 1 saturated heterocycles. The Morgan fingerprint density at radius 1 is 1.21 bits per heavy atom. The molecule has 0 saturated carbocycles. The summed E-state index contributed by atoms with van der Waals surface area (Å²) in [6, 6.07) is 9.07. The number of hydrogen-bond acceptors (Lipinski definition) is 7. The van der Waals surface area contributed by atoms with Crippen LogP contribution < -0.4 is 4.90 Å². The van der Waals surface area contributed by atoms with E-state index in [1.807, 2.05) is 40.0 Å². The largest absolute Gasteiger partial charge is 0.369 e. The maximum absolute atomic E-state index is 9.63. The lowest BCUT2D eigenvalue weighted by Gasteiger charge is -2.23. The third-order valence-corrected chi connectivity index (χ3v) is 9.40. The Bertz CT molecular complexity index is 1490. The van der Waals surface area contributed by atoms with Gasteiger partial charge in [-0.2, -0.15) is 10.4 Å². The van der Waals surface area contributed by atoms with Crippen molar-refractivity contribution in [2.24, 2.45) is 5.92 Å². The minimum atomic E-state index is -1.14. The second-order valence-corrected chi connectivity index (χ2v) is 17.5. The molecule has 12 heteroatoms. The first kappa shape index (κ1) is 27.6. The molecule has 0 aliphatic carbocycles. The van der Waals surface area contributed by atoms with Gasteiger partial charge in [-0.05, 0) is 30.7 Å². The molecular weight excluding hydrogens is 551 g/mol. The molecule has 0 amide bonds. The van der Waals surface area contributed by atoms with Crippen molar-refractivity contribution in [2.45, 2.75) is 51.3 Å². The van der Waals surface area contributed by atoms with Crippen LogP contribution in [0.5, 0.6) is 0 Å². The zero-order valence-electron chi connectivity index (χ0n) is 22.4. The normalized spacial score (nSPS) is 16.6. The van der Waals surface area contributed by atoms with Gasteiger partial charge in [0.05, 0.1) is 36.1 Å². The van der Waals surface area contributed by atoms with Gasteiger partial charge in [-0.25, -0.2) is 15.0 Å². The summed E-state index contributed by atoms with van der Waals surface area (Å²) in [5, 5.41) is 16.0. The summed E-state index contributed by atoms with van der Waals surface area (Å²) in [6.45, 7) is 9.82. The van der Waals surface area contributed by atoms with Gasteiger partial charge >= 0.3 is 0 Å². The van der Waals surface area contributed by atoms with E-state index in [9.17, 15) is 5.26 Å². The van der Waals surface area contributed by atoms with Gasteiger partial charge in [0.1, 0.15) is 23.9 Å². The summed E-state index contributed by atoms with van der Waals surface area (Å²) in [6.07, 6.45) is 8.66. The van der Waals surface area contributed by atoms with Crippen molar-refractivity contribution in [1.29, 1.82) is 5.26 Å². The lowest BCUT2D eigenvalue weighted by molar-refractivity contribution is 0.0899. The average molecular weight is 584 g/mol. The maximum atomic E-state index is 9.63. The second-order valence-electron chi connectivity index (χ2n) is 11.2. The fraction of sp³-hybridized carbons (Fsp3) is 0.444. The van der Waals surface area contributed by atoms with Crippen LogP contribution in [0.2, 0.25) is 36.0 Å². The molecule has 1 aliphatic heterocycles. The quantitative estimate of drug-likeness (QED) is 0.123. The van der Waals surface area contributed by atoms with Gasteiger partial charge in [-0.15, -0.1) is 0 Å². The number of nitrogens with zero attached hydrogens (tertiary/aromatic N) is 8. The van der Waals surface area contributed by atoms with Crippen molar-refractivity contribution in [2.75, 3.05) is 24.6 Å². The van der Waals surface area contributed by atoms with Crippen molar-refractivity contribution in [3.63, 3.8) is 0 Å². The van der Waals surface area contributed by atoms with Crippen molar-refractivity contribution in [3.05, 3.63) is 53.4 Å². The molecule has 5 heterocycles. The van der Waals surface area contributed by atoms with E-state index < -0.39 is 8.07 Å². The first-order valence-electron chi connectivity index (χ1n) is 13.1. The number of aromatic nitrogens is 6. The van der Waals surface area contributed by atoms with E-state index in [0.717, 1.165) is 60.1 Å². The number of nitriles is 1. The van der Waals surface area contributed by atoms with E-state index in [1.165, 1.54) is 0 Å². The number of pyridine rings is 1. The van der Waals surface area contributed by atoms with Gasteiger partial charge in [0, 0.05) is 57.0 Å². The number of ether oxygens (including phenoxy) is 1. The Morgan fingerprint density at radius 3 is 2.82 bits per heavy atom. The van der Waals surface area contributed by atoms with Crippen LogP contribution in [-0.4, -0.2) is 57.1 Å². The van der Waals surface area contributed by atoms with E-state index in [1.54, 1.807) is 12.4 Å². The summed E-state index contributed by atoms with van der Waals surface area (Å²) in [5.41, 5.74) is 3.39. The number of halogens is 2. The molecule has 0 spiro atoms. The van der Waals surface area contributed by atoms with Gasteiger partial charge in [0.25, 0.3) is 0 Å². The molecule has 4 aromatic rings. The minimum absolute atomic E-state index is 0.0746. The third-order valence-electron chi connectivity index (χ3n) is 7.20. The molecule has 0 radical (unpaired) electrons. The van der Waals surface area contributed by atoms with E-state index in [2.05, 4.69) is 50.7 Å². The molecule has 4 aromatic heterocycles. The predicted octanol–water partition coefficient (Wildman–Crippen LogP) is 6.29. The Kier molecular flexibility index (Phi) is 8.23. The minimum Gasteiger partial charge on any atom is -0.369 e. The molecule has 1 fully saturated rings. The van der Waals surface area contributed by atoms with Crippen LogP contribution in [0.15, 0.2) is 43.1 Å². The van der Waals surface area contributed by atoms with Crippen LogP contribution in [-0.2, 0) is 11.5 Å². The fourth-order valence-corrected chi connectivity index (χ4v) is 6.27. The zero-order valence-corrected chi connectivity index (χ0v) is 24.9. The summed E-state index contributed by atoms with van der Waals surface area (Å²) < 4.78 is 9.88. The third kappa shape index (κ3) is 6.28. The van der Waals surface area contributed by atoms with Crippen LogP contribution in [0.25, 0.3) is 22.3 Å². The molecule has 2 atom stereocenters. The molecule has 0 aromatic carbocycles. The fourth-order valence-electron chi connectivity index (χ4n) is 5.05. The Morgan fingerprint density at radius 2 is 2.05 bits per heavy atom. The molecule has 204 valence electrons. The van der Waals surface area contributed by atoms with Crippen LogP contribution in [0.4, 0.5) is 5.69 Å². The summed E-state index contributed by atoms with van der Waals surface area (Å²) >= 11 is 12.3. The number of fused-ring (bicyclic) bond motifs is 1. The molecule has 9 nitrogen and oxygen atoms in total. The zero-order chi connectivity index (χ0) is 27.6. The van der Waals surface area contributed by atoms with Crippen molar-refractivity contribution in [3.8, 4) is 17.3 Å². The highest BCUT2D eigenvalue weighted by atomic mass is 35.5. The van der Waals surface area contributed by atoms with Gasteiger partial charge in [-0.1, -0.05) is 42.8 Å². The van der Waals surface area contributed by atoms with Gasteiger partial charge < -0.3 is 14.2 Å². The van der Waals surface area contributed by atoms with Gasteiger partial charge in [-0.3, -0.25) is 4.68 Å². The van der Waals surface area contributed by atoms with E-state index >= 15 is 0 Å². The van der Waals surface area contributed by atoms with Gasteiger partial charge in [0.15, 0.2) is 5.15 Å². The van der Waals surface area contributed by atoms with E-state index in [0.29, 0.717) is 23.5 Å². The van der Waals surface area contributed by atoms with Crippen LogP contribution in [0.1, 0.15) is 18.9 Å². The smallest absolute Gasteiger partial charge is 0.154 e. The van der Waals surface area contributed by atoms with Crippen LogP contribution in [0, 0.1) is 17.2 Å². The van der Waals surface area contributed by atoms with E-state index in [4.69, 9.17) is 27.9 Å². The topological polar surface area (TPSA) is 97.7 Å². The maximum Gasteiger partial charge on any atom is 0.154 e. The van der Waals surface area contributed by atoms with E-state index in [-0.39, 0.29) is 12.0 Å².